The molecule has 0 amide bonds. The van der Waals surface area contributed by atoms with Crippen molar-refractivity contribution >= 4 is 11.3 Å². The number of thiophene rings is 1. The molecular formula is C17H20OS. The predicted molar refractivity (Wildman–Crippen MR) is 80.9 cm³/mol. The Hall–Kier alpha value is -1.12. The van der Waals surface area contributed by atoms with Crippen molar-refractivity contribution in [1.82, 2.24) is 0 Å². The molecule has 2 aromatic rings. The van der Waals surface area contributed by atoms with E-state index in [1.807, 2.05) is 0 Å². The molecule has 0 radical (unpaired) electrons. The molecule has 0 spiro atoms. The topological polar surface area (TPSA) is 20.2 Å². The van der Waals surface area contributed by atoms with Crippen molar-refractivity contribution in [2.24, 2.45) is 0 Å². The molecule has 1 N–H and O–H groups in total. The van der Waals surface area contributed by atoms with E-state index in [0.717, 1.165) is 10.4 Å². The molecule has 1 nitrogen and oxygen atoms in total. The quantitative estimate of drug-likeness (QED) is 0.875. The smallest absolute Gasteiger partial charge is 0.113 e. The molecule has 19 heavy (non-hydrogen) atoms. The van der Waals surface area contributed by atoms with Gasteiger partial charge in [0.25, 0.3) is 0 Å². The van der Waals surface area contributed by atoms with E-state index in [1.54, 1.807) is 11.3 Å². The molecule has 0 saturated heterocycles. The van der Waals surface area contributed by atoms with E-state index < -0.39 is 6.10 Å². The molecule has 0 aliphatic heterocycles. The molecule has 0 fully saturated rings. The van der Waals surface area contributed by atoms with Gasteiger partial charge < -0.3 is 5.11 Å². The molecule has 1 aromatic carbocycles. The molecule has 100 valence electrons. The van der Waals surface area contributed by atoms with Crippen molar-refractivity contribution in [3.05, 3.63) is 56.8 Å². The molecular weight excluding hydrogens is 252 g/mol. The Balaban J connectivity index is 1.84. The van der Waals surface area contributed by atoms with E-state index >= 15 is 0 Å². The summed E-state index contributed by atoms with van der Waals surface area (Å²) in [6.45, 7) is 4.38. The van der Waals surface area contributed by atoms with E-state index in [4.69, 9.17) is 0 Å². The second-order valence-electron chi connectivity index (χ2n) is 5.67. The summed E-state index contributed by atoms with van der Waals surface area (Å²) in [5.41, 5.74) is 3.78. The van der Waals surface area contributed by atoms with Gasteiger partial charge in [0.05, 0.1) is 0 Å². The predicted octanol–water partition coefficient (Wildman–Crippen LogP) is 4.44. The average Bonchev–Trinajstić information content (AvgIpc) is 2.98. The van der Waals surface area contributed by atoms with Gasteiger partial charge in [0, 0.05) is 9.75 Å². The van der Waals surface area contributed by atoms with Crippen LogP contribution in [0.4, 0.5) is 0 Å². The lowest BCUT2D eigenvalue weighted by molar-refractivity contribution is 0.224. The lowest BCUT2D eigenvalue weighted by atomic mass is 9.99. The number of rotatable bonds is 3. The van der Waals surface area contributed by atoms with Crippen LogP contribution in [0.15, 0.2) is 30.3 Å². The molecule has 3 rings (SSSR count). The van der Waals surface area contributed by atoms with Crippen molar-refractivity contribution in [2.75, 3.05) is 0 Å². The summed E-state index contributed by atoms with van der Waals surface area (Å²) in [5, 5.41) is 10.5. The van der Waals surface area contributed by atoms with Gasteiger partial charge in [-0.2, -0.15) is 0 Å². The van der Waals surface area contributed by atoms with Gasteiger partial charge >= 0.3 is 0 Å². The summed E-state index contributed by atoms with van der Waals surface area (Å²) >= 11 is 1.79. The third-order valence-electron chi connectivity index (χ3n) is 3.95. The van der Waals surface area contributed by atoms with Crippen LogP contribution in [0.1, 0.15) is 58.7 Å². The highest BCUT2D eigenvalue weighted by Crippen LogP contribution is 2.36. The highest BCUT2D eigenvalue weighted by molar-refractivity contribution is 7.12. The number of aliphatic hydroxyl groups excluding tert-OH is 1. The summed E-state index contributed by atoms with van der Waals surface area (Å²) in [6.07, 6.45) is 3.20. The summed E-state index contributed by atoms with van der Waals surface area (Å²) in [5.74, 6) is 0.539. The van der Waals surface area contributed by atoms with Crippen molar-refractivity contribution in [3.8, 4) is 0 Å². The number of hydrogen-bond acceptors (Lipinski definition) is 2. The van der Waals surface area contributed by atoms with Gasteiger partial charge in [0.2, 0.25) is 0 Å². The van der Waals surface area contributed by atoms with E-state index in [1.165, 1.54) is 35.3 Å². The van der Waals surface area contributed by atoms with Gasteiger partial charge in [0.1, 0.15) is 6.10 Å². The molecule has 0 saturated carbocycles. The first-order chi connectivity index (χ1) is 9.15. The van der Waals surface area contributed by atoms with Crippen molar-refractivity contribution in [1.29, 1.82) is 0 Å². The molecule has 1 unspecified atom stereocenters. The summed E-state index contributed by atoms with van der Waals surface area (Å²) in [4.78, 5) is 2.58. The summed E-state index contributed by atoms with van der Waals surface area (Å²) < 4.78 is 0. The van der Waals surface area contributed by atoms with Crippen LogP contribution in [0.2, 0.25) is 0 Å². The normalized spacial score (nSPS) is 15.8. The monoisotopic (exact) mass is 272 g/mol. The third-order valence-corrected chi connectivity index (χ3v) is 5.24. The minimum atomic E-state index is -0.461. The maximum Gasteiger partial charge on any atom is 0.113 e. The van der Waals surface area contributed by atoms with Gasteiger partial charge in [-0.05, 0) is 47.9 Å². The molecule has 1 aliphatic carbocycles. The van der Waals surface area contributed by atoms with Crippen LogP contribution in [-0.2, 0) is 12.8 Å². The highest BCUT2D eigenvalue weighted by Gasteiger charge is 2.19. The Kier molecular flexibility index (Phi) is 3.46. The number of fused-ring (bicyclic) bond motifs is 1. The van der Waals surface area contributed by atoms with E-state index in [0.29, 0.717) is 5.92 Å². The molecule has 1 aliphatic rings. The van der Waals surface area contributed by atoms with Crippen molar-refractivity contribution < 1.29 is 5.11 Å². The van der Waals surface area contributed by atoms with Crippen molar-refractivity contribution in [2.45, 2.75) is 45.1 Å². The van der Waals surface area contributed by atoms with Crippen LogP contribution in [-0.4, -0.2) is 5.11 Å². The van der Waals surface area contributed by atoms with E-state index in [9.17, 15) is 5.11 Å². The van der Waals surface area contributed by atoms with Crippen molar-refractivity contribution in [3.63, 3.8) is 0 Å². The van der Waals surface area contributed by atoms with Gasteiger partial charge in [-0.1, -0.05) is 38.1 Å². The number of aliphatic hydroxyl groups is 1. The van der Waals surface area contributed by atoms with Crippen LogP contribution in [0.3, 0.4) is 0 Å². The van der Waals surface area contributed by atoms with Gasteiger partial charge in [-0.3, -0.25) is 0 Å². The fourth-order valence-corrected chi connectivity index (χ4v) is 3.99. The van der Waals surface area contributed by atoms with Crippen LogP contribution in [0.5, 0.6) is 0 Å². The summed E-state index contributed by atoms with van der Waals surface area (Å²) in [7, 11) is 0. The molecule has 2 heteroatoms. The van der Waals surface area contributed by atoms with Crippen LogP contribution < -0.4 is 0 Å². The maximum absolute atomic E-state index is 10.5. The SMILES string of the molecule is CC(C)c1ccc(C(O)c2cc3c(s2)CCC3)cc1. The van der Waals surface area contributed by atoms with Crippen LogP contribution >= 0.6 is 11.3 Å². The van der Waals surface area contributed by atoms with E-state index in [2.05, 4.69) is 44.2 Å². The first-order valence-electron chi connectivity index (χ1n) is 7.04. The fourth-order valence-electron chi connectivity index (χ4n) is 2.71. The zero-order valence-corrected chi connectivity index (χ0v) is 12.3. The molecule has 0 bridgehead atoms. The minimum absolute atomic E-state index is 0.461. The maximum atomic E-state index is 10.5. The van der Waals surface area contributed by atoms with Gasteiger partial charge in [-0.25, -0.2) is 0 Å². The third kappa shape index (κ3) is 2.47. The highest BCUT2D eigenvalue weighted by atomic mass is 32.1. The fraction of sp³-hybridized carbons (Fsp3) is 0.412. The van der Waals surface area contributed by atoms with Gasteiger partial charge in [0.15, 0.2) is 0 Å². The van der Waals surface area contributed by atoms with Crippen LogP contribution in [0, 0.1) is 0 Å². The first kappa shape index (κ1) is 12.9. The largest absolute Gasteiger partial charge is 0.383 e. The standard InChI is InChI=1S/C17H20OS/c1-11(2)12-6-8-13(9-7-12)17(18)16-10-14-4-3-5-15(14)19-16/h6-11,17-18H,3-5H2,1-2H3. The Morgan fingerprint density at radius 1 is 1.05 bits per heavy atom. The second kappa shape index (κ2) is 5.10. The Morgan fingerprint density at radius 2 is 1.74 bits per heavy atom. The second-order valence-corrected chi connectivity index (χ2v) is 6.84. The zero-order chi connectivity index (χ0) is 13.4. The Bertz CT molecular complexity index is 544. The molecule has 1 heterocycles. The zero-order valence-electron chi connectivity index (χ0n) is 11.5. The average molecular weight is 272 g/mol. The molecule has 1 aromatic heterocycles. The lowest BCUT2D eigenvalue weighted by Gasteiger charge is -2.11. The minimum Gasteiger partial charge on any atom is -0.383 e. The van der Waals surface area contributed by atoms with Gasteiger partial charge in [-0.15, -0.1) is 11.3 Å². The van der Waals surface area contributed by atoms with Crippen LogP contribution in [0.25, 0.3) is 0 Å². The molecule has 1 atom stereocenters. The van der Waals surface area contributed by atoms with E-state index in [-0.39, 0.29) is 0 Å². The Morgan fingerprint density at radius 3 is 2.37 bits per heavy atom. The number of hydrogen-bond donors (Lipinski definition) is 1. The number of aryl methyl sites for hydroxylation is 2. The number of benzene rings is 1. The lowest BCUT2D eigenvalue weighted by Crippen LogP contribution is -1.98. The Labute approximate surface area is 118 Å². The summed E-state index contributed by atoms with van der Waals surface area (Å²) in [6, 6.07) is 10.6. The first-order valence-corrected chi connectivity index (χ1v) is 7.86.